The predicted octanol–water partition coefficient (Wildman–Crippen LogP) is 5.02. The highest BCUT2D eigenvalue weighted by atomic mass is 28.3. The van der Waals surface area contributed by atoms with Crippen molar-refractivity contribution in [2.24, 2.45) is 5.41 Å². The Morgan fingerprint density at radius 1 is 0.655 bits per heavy atom. The van der Waals surface area contributed by atoms with Crippen LogP contribution in [0.1, 0.15) is 38.5 Å². The zero-order valence-electron chi connectivity index (χ0n) is 17.1. The van der Waals surface area contributed by atoms with Crippen molar-refractivity contribution in [1.82, 2.24) is 0 Å². The van der Waals surface area contributed by atoms with Crippen LogP contribution in [-0.4, -0.2) is 8.07 Å². The second kappa shape index (κ2) is 8.80. The third kappa shape index (κ3) is 3.93. The summed E-state index contributed by atoms with van der Waals surface area (Å²) in [4.78, 5) is 0. The lowest BCUT2D eigenvalue weighted by Gasteiger charge is -2.38. The third-order valence-corrected chi connectivity index (χ3v) is 11.8. The largest absolute Gasteiger partial charge is 0.198 e. The summed E-state index contributed by atoms with van der Waals surface area (Å²) in [6.07, 6.45) is 6.80. The molecule has 1 aliphatic rings. The van der Waals surface area contributed by atoms with Crippen molar-refractivity contribution in [2.75, 3.05) is 0 Å². The molecule has 0 unspecified atom stereocenters. The first-order valence-corrected chi connectivity index (χ1v) is 13.1. The lowest BCUT2D eigenvalue weighted by molar-refractivity contribution is 0.258. The molecular weight excluding hydrogens is 366 g/mol. The summed E-state index contributed by atoms with van der Waals surface area (Å²) in [6, 6.07) is 37.1. The summed E-state index contributed by atoms with van der Waals surface area (Å²) in [5.74, 6) is 0. The van der Waals surface area contributed by atoms with Gasteiger partial charge >= 0.3 is 0 Å². The Balaban J connectivity index is 1.85. The monoisotopic (exact) mass is 395 g/mol. The van der Waals surface area contributed by atoms with Crippen LogP contribution < -0.4 is 15.6 Å². The molecule has 3 aromatic rings. The van der Waals surface area contributed by atoms with Gasteiger partial charge in [-0.15, -0.1) is 0 Å². The van der Waals surface area contributed by atoms with Crippen molar-refractivity contribution >= 4 is 23.6 Å². The predicted molar refractivity (Wildman–Crippen MR) is 125 cm³/mol. The molecular formula is C27H29NSi. The molecule has 1 fully saturated rings. The molecule has 0 radical (unpaired) electrons. The summed E-state index contributed by atoms with van der Waals surface area (Å²) in [6.45, 7) is 0. The molecule has 0 bridgehead atoms. The maximum absolute atomic E-state index is 10.1. The number of nitrogens with zero attached hydrogens (tertiary/aromatic N) is 1. The molecule has 0 spiro atoms. The Kier molecular flexibility index (Phi) is 5.97. The van der Waals surface area contributed by atoms with Gasteiger partial charge in [0, 0.05) is 0 Å². The summed E-state index contributed by atoms with van der Waals surface area (Å²) >= 11 is 0. The normalized spacial score (nSPS) is 16.1. The highest BCUT2D eigenvalue weighted by Crippen LogP contribution is 2.41. The van der Waals surface area contributed by atoms with E-state index in [1.807, 2.05) is 0 Å². The fourth-order valence-electron chi connectivity index (χ4n) is 5.17. The molecule has 1 nitrogen and oxygen atoms in total. The first-order chi connectivity index (χ1) is 14.3. The van der Waals surface area contributed by atoms with Gasteiger partial charge in [-0.05, 0) is 40.9 Å². The average molecular weight is 396 g/mol. The van der Waals surface area contributed by atoms with E-state index in [0.29, 0.717) is 0 Å². The van der Waals surface area contributed by atoms with Crippen LogP contribution in [0.4, 0.5) is 0 Å². The maximum Gasteiger partial charge on any atom is 0.148 e. The van der Waals surface area contributed by atoms with E-state index in [0.717, 1.165) is 25.3 Å². The molecule has 0 N–H and O–H groups in total. The maximum atomic E-state index is 10.1. The van der Waals surface area contributed by atoms with Crippen LogP contribution in [0.3, 0.4) is 0 Å². The van der Waals surface area contributed by atoms with Gasteiger partial charge in [0.1, 0.15) is 8.07 Å². The van der Waals surface area contributed by atoms with Crippen LogP contribution in [-0.2, 0) is 0 Å². The molecule has 0 aliphatic heterocycles. The molecule has 0 heterocycles. The van der Waals surface area contributed by atoms with Gasteiger partial charge < -0.3 is 0 Å². The molecule has 0 atom stereocenters. The minimum absolute atomic E-state index is 0.144. The second-order valence-corrected chi connectivity index (χ2v) is 12.5. The van der Waals surface area contributed by atoms with E-state index < -0.39 is 8.07 Å². The topological polar surface area (TPSA) is 23.8 Å². The SMILES string of the molecule is N#CC1(CC[Si](c2ccccc2)(c2ccccc2)c2ccccc2)CCCCC1. The lowest BCUT2D eigenvalue weighted by atomic mass is 9.73. The van der Waals surface area contributed by atoms with Gasteiger partial charge in [-0.25, -0.2) is 0 Å². The Morgan fingerprint density at radius 3 is 1.45 bits per heavy atom. The summed E-state index contributed by atoms with van der Waals surface area (Å²) < 4.78 is 0. The molecule has 29 heavy (non-hydrogen) atoms. The van der Waals surface area contributed by atoms with Crippen molar-refractivity contribution < 1.29 is 0 Å². The van der Waals surface area contributed by atoms with Gasteiger partial charge in [0.2, 0.25) is 0 Å². The lowest BCUT2D eigenvalue weighted by Crippen LogP contribution is -2.67. The van der Waals surface area contributed by atoms with Crippen molar-refractivity contribution in [3.63, 3.8) is 0 Å². The molecule has 146 valence electrons. The minimum Gasteiger partial charge on any atom is -0.198 e. The van der Waals surface area contributed by atoms with Crippen molar-refractivity contribution in [2.45, 2.75) is 44.6 Å². The Morgan fingerprint density at radius 2 is 1.07 bits per heavy atom. The van der Waals surface area contributed by atoms with Crippen molar-refractivity contribution in [3.05, 3.63) is 91.0 Å². The first kappa shape index (κ1) is 19.7. The third-order valence-electron chi connectivity index (χ3n) is 6.83. The van der Waals surface area contributed by atoms with Gasteiger partial charge in [-0.3, -0.25) is 0 Å². The summed E-state index contributed by atoms with van der Waals surface area (Å²) in [5.41, 5.74) is -0.144. The standard InChI is InChI=1S/C27H29NSi/c28-23-27(19-11-4-12-20-27)21-22-29(24-13-5-1-6-14-24,25-15-7-2-8-16-25)26-17-9-3-10-18-26/h1-3,5-10,13-18H,4,11-12,19-22H2. The Bertz CT molecular complexity index is 841. The van der Waals surface area contributed by atoms with Crippen LogP contribution in [0, 0.1) is 16.7 Å². The molecule has 1 saturated carbocycles. The zero-order chi connectivity index (χ0) is 20.0. The highest BCUT2D eigenvalue weighted by molar-refractivity contribution is 7.11. The van der Waals surface area contributed by atoms with Crippen molar-refractivity contribution in [1.29, 1.82) is 5.26 Å². The quantitative estimate of drug-likeness (QED) is 0.425. The Hall–Kier alpha value is -2.63. The number of hydrogen-bond acceptors (Lipinski definition) is 1. The molecule has 0 aromatic heterocycles. The second-order valence-electron chi connectivity index (χ2n) is 8.46. The van der Waals surface area contributed by atoms with Crippen LogP contribution >= 0.6 is 0 Å². The molecule has 4 rings (SSSR count). The number of nitriles is 1. The number of rotatable bonds is 6. The summed E-state index contributed by atoms with van der Waals surface area (Å²) in [5, 5.41) is 14.5. The van der Waals surface area contributed by atoms with Gasteiger partial charge in [0.25, 0.3) is 0 Å². The van der Waals surface area contributed by atoms with Gasteiger partial charge in [-0.2, -0.15) is 5.26 Å². The van der Waals surface area contributed by atoms with Crippen LogP contribution in [0.5, 0.6) is 0 Å². The van der Waals surface area contributed by atoms with Gasteiger partial charge in [0.15, 0.2) is 0 Å². The summed E-state index contributed by atoms with van der Waals surface area (Å²) in [7, 11) is -2.22. The van der Waals surface area contributed by atoms with E-state index in [-0.39, 0.29) is 5.41 Å². The number of hydrogen-bond donors (Lipinski definition) is 0. The van der Waals surface area contributed by atoms with Gasteiger partial charge in [-0.1, -0.05) is 110 Å². The molecule has 3 aromatic carbocycles. The van der Waals surface area contributed by atoms with Crippen molar-refractivity contribution in [3.8, 4) is 6.07 Å². The van der Waals surface area contributed by atoms with Crippen LogP contribution in [0.2, 0.25) is 6.04 Å². The van der Waals surface area contributed by atoms with E-state index in [1.165, 1.54) is 34.8 Å². The van der Waals surface area contributed by atoms with E-state index in [1.54, 1.807) is 0 Å². The average Bonchev–Trinajstić information content (AvgIpc) is 2.82. The van der Waals surface area contributed by atoms with Crippen LogP contribution in [0.15, 0.2) is 91.0 Å². The van der Waals surface area contributed by atoms with Gasteiger partial charge in [0.05, 0.1) is 11.5 Å². The fraction of sp³-hybridized carbons (Fsp3) is 0.296. The first-order valence-electron chi connectivity index (χ1n) is 10.9. The molecule has 0 amide bonds. The Labute approximate surface area is 176 Å². The molecule has 0 saturated heterocycles. The zero-order valence-corrected chi connectivity index (χ0v) is 18.1. The van der Waals surface area contributed by atoms with E-state index in [9.17, 15) is 5.26 Å². The van der Waals surface area contributed by atoms with E-state index in [2.05, 4.69) is 97.1 Å². The number of benzene rings is 3. The van der Waals surface area contributed by atoms with Crippen LogP contribution in [0.25, 0.3) is 0 Å². The minimum atomic E-state index is -2.22. The smallest absolute Gasteiger partial charge is 0.148 e. The fourth-order valence-corrected chi connectivity index (χ4v) is 10.2. The molecule has 1 aliphatic carbocycles. The molecule has 2 heteroatoms. The highest BCUT2D eigenvalue weighted by Gasteiger charge is 2.42. The van der Waals surface area contributed by atoms with E-state index in [4.69, 9.17) is 0 Å². The van der Waals surface area contributed by atoms with E-state index >= 15 is 0 Å².